The summed E-state index contributed by atoms with van der Waals surface area (Å²) in [6.07, 6.45) is 0.825. The van der Waals surface area contributed by atoms with Gasteiger partial charge in [-0.1, -0.05) is 24.3 Å². The Bertz CT molecular complexity index is 681. The summed E-state index contributed by atoms with van der Waals surface area (Å²) in [5.74, 6) is -0.847. The van der Waals surface area contributed by atoms with Crippen LogP contribution in [0.1, 0.15) is 29.4 Å². The number of anilines is 1. The highest BCUT2D eigenvalue weighted by molar-refractivity contribution is 7.07. The van der Waals surface area contributed by atoms with Gasteiger partial charge in [-0.2, -0.15) is 0 Å². The van der Waals surface area contributed by atoms with Gasteiger partial charge < -0.3 is 15.6 Å². The van der Waals surface area contributed by atoms with Crippen LogP contribution in [-0.2, 0) is 6.54 Å². The van der Waals surface area contributed by atoms with Crippen LogP contribution in [-0.4, -0.2) is 17.4 Å². The van der Waals surface area contributed by atoms with E-state index in [9.17, 15) is 14.0 Å². The van der Waals surface area contributed by atoms with Crippen LogP contribution in [0.25, 0.3) is 0 Å². The standard InChI is InChI=1S/C14H16FN3O2S/c1-2-6-16-12-10(4-3-5-11(12)15)13(19)17-7-9-8-21-14(20)18-9/h3-5,8,16H,2,6-7H2,1H3,(H,17,19)(H,18,20). The molecule has 1 amide bonds. The molecule has 112 valence electrons. The quantitative estimate of drug-likeness (QED) is 0.766. The minimum Gasteiger partial charge on any atom is -0.382 e. The van der Waals surface area contributed by atoms with Crippen molar-refractivity contribution in [2.45, 2.75) is 19.9 Å². The third-order valence-corrected chi connectivity index (χ3v) is 3.54. The van der Waals surface area contributed by atoms with Crippen LogP contribution in [0.4, 0.5) is 10.1 Å². The van der Waals surface area contributed by atoms with Crippen molar-refractivity contribution in [3.8, 4) is 0 Å². The molecule has 2 rings (SSSR count). The lowest BCUT2D eigenvalue weighted by molar-refractivity contribution is 0.0951. The summed E-state index contributed by atoms with van der Waals surface area (Å²) in [5, 5.41) is 7.23. The van der Waals surface area contributed by atoms with Crippen LogP contribution in [0.15, 0.2) is 28.4 Å². The normalized spacial score (nSPS) is 10.4. The van der Waals surface area contributed by atoms with E-state index in [0.717, 1.165) is 17.8 Å². The summed E-state index contributed by atoms with van der Waals surface area (Å²) in [6.45, 7) is 2.74. The topological polar surface area (TPSA) is 74.0 Å². The molecule has 5 nitrogen and oxygen atoms in total. The monoisotopic (exact) mass is 309 g/mol. The molecule has 2 aromatic rings. The molecule has 0 unspecified atom stereocenters. The second kappa shape index (κ2) is 7.03. The highest BCUT2D eigenvalue weighted by atomic mass is 32.1. The van der Waals surface area contributed by atoms with Crippen molar-refractivity contribution in [1.82, 2.24) is 10.3 Å². The van der Waals surface area contributed by atoms with Gasteiger partial charge in [0.25, 0.3) is 5.91 Å². The van der Waals surface area contributed by atoms with E-state index in [0.29, 0.717) is 12.2 Å². The number of amides is 1. The van der Waals surface area contributed by atoms with Crippen LogP contribution in [0, 0.1) is 5.82 Å². The number of nitrogens with one attached hydrogen (secondary N) is 3. The molecule has 0 saturated carbocycles. The van der Waals surface area contributed by atoms with E-state index in [-0.39, 0.29) is 28.6 Å². The Morgan fingerprint density at radius 2 is 2.24 bits per heavy atom. The Kier molecular flexibility index (Phi) is 5.10. The number of H-pyrrole nitrogens is 1. The average Bonchev–Trinajstić information content (AvgIpc) is 2.89. The Hall–Kier alpha value is -2.15. The second-order valence-corrected chi connectivity index (χ2v) is 5.29. The third-order valence-electron chi connectivity index (χ3n) is 2.82. The molecule has 0 aliphatic rings. The zero-order valence-electron chi connectivity index (χ0n) is 11.5. The lowest BCUT2D eigenvalue weighted by Gasteiger charge is -2.12. The van der Waals surface area contributed by atoms with Crippen molar-refractivity contribution in [3.05, 3.63) is 50.3 Å². The predicted octanol–water partition coefficient (Wildman–Crippen LogP) is 2.33. The van der Waals surface area contributed by atoms with Crippen LogP contribution in [0.3, 0.4) is 0 Å². The van der Waals surface area contributed by atoms with E-state index >= 15 is 0 Å². The van der Waals surface area contributed by atoms with Crippen molar-refractivity contribution in [1.29, 1.82) is 0 Å². The predicted molar refractivity (Wildman–Crippen MR) is 81.3 cm³/mol. The largest absolute Gasteiger partial charge is 0.382 e. The maximum absolute atomic E-state index is 13.8. The summed E-state index contributed by atoms with van der Waals surface area (Å²) >= 11 is 1.03. The van der Waals surface area contributed by atoms with E-state index in [4.69, 9.17) is 0 Å². The molecule has 0 aliphatic heterocycles. The molecule has 7 heteroatoms. The molecule has 1 heterocycles. The molecule has 1 aromatic heterocycles. The van der Waals surface area contributed by atoms with Crippen LogP contribution in [0.5, 0.6) is 0 Å². The second-order valence-electron chi connectivity index (χ2n) is 4.45. The summed E-state index contributed by atoms with van der Waals surface area (Å²) < 4.78 is 13.8. The Balaban J connectivity index is 2.11. The molecule has 3 N–H and O–H groups in total. The zero-order chi connectivity index (χ0) is 15.2. The Morgan fingerprint density at radius 3 is 2.90 bits per heavy atom. The van der Waals surface area contributed by atoms with Crippen molar-refractivity contribution in [2.24, 2.45) is 0 Å². The smallest absolute Gasteiger partial charge is 0.304 e. The Morgan fingerprint density at radius 1 is 1.43 bits per heavy atom. The first-order valence-corrected chi connectivity index (χ1v) is 7.47. The van der Waals surface area contributed by atoms with Gasteiger partial charge in [-0.05, 0) is 18.6 Å². The van der Waals surface area contributed by atoms with Crippen molar-refractivity contribution in [2.75, 3.05) is 11.9 Å². The number of para-hydroxylation sites is 1. The number of aromatic nitrogens is 1. The van der Waals surface area contributed by atoms with Gasteiger partial charge in [-0.15, -0.1) is 0 Å². The summed E-state index contributed by atoms with van der Waals surface area (Å²) in [6, 6.07) is 4.37. The van der Waals surface area contributed by atoms with Gasteiger partial charge in [0.2, 0.25) is 0 Å². The molecule has 0 saturated heterocycles. The maximum Gasteiger partial charge on any atom is 0.304 e. The average molecular weight is 309 g/mol. The number of thiazole rings is 1. The summed E-state index contributed by atoms with van der Waals surface area (Å²) in [7, 11) is 0. The Labute approximate surface area is 125 Å². The minimum atomic E-state index is -0.458. The molecule has 0 aliphatic carbocycles. The summed E-state index contributed by atoms with van der Waals surface area (Å²) in [5.41, 5.74) is 1.08. The highest BCUT2D eigenvalue weighted by Crippen LogP contribution is 2.20. The van der Waals surface area contributed by atoms with Crippen LogP contribution in [0.2, 0.25) is 0 Å². The van der Waals surface area contributed by atoms with Crippen molar-refractivity contribution in [3.63, 3.8) is 0 Å². The first-order chi connectivity index (χ1) is 10.1. The number of carbonyl (C=O) groups excluding carboxylic acids is 1. The minimum absolute atomic E-state index is 0.171. The van der Waals surface area contributed by atoms with E-state index < -0.39 is 5.82 Å². The molecule has 1 aromatic carbocycles. The molecule has 0 bridgehead atoms. The zero-order valence-corrected chi connectivity index (χ0v) is 12.3. The van der Waals surface area contributed by atoms with Gasteiger partial charge >= 0.3 is 4.87 Å². The van der Waals surface area contributed by atoms with E-state index in [1.54, 1.807) is 11.4 Å². The molecule has 0 fully saturated rings. The van der Waals surface area contributed by atoms with E-state index in [1.165, 1.54) is 12.1 Å². The van der Waals surface area contributed by atoms with Crippen molar-refractivity contribution < 1.29 is 9.18 Å². The van der Waals surface area contributed by atoms with Crippen molar-refractivity contribution >= 4 is 22.9 Å². The number of hydrogen-bond donors (Lipinski definition) is 3. The number of aromatic amines is 1. The lowest BCUT2D eigenvalue weighted by atomic mass is 10.1. The molecule has 0 radical (unpaired) electrons. The first kappa shape index (κ1) is 15.2. The van der Waals surface area contributed by atoms with Gasteiger partial charge in [0.15, 0.2) is 0 Å². The maximum atomic E-state index is 13.8. The summed E-state index contributed by atoms with van der Waals surface area (Å²) in [4.78, 5) is 25.6. The number of rotatable bonds is 6. The van der Waals surface area contributed by atoms with E-state index in [1.807, 2.05) is 6.92 Å². The van der Waals surface area contributed by atoms with Gasteiger partial charge in [0.1, 0.15) is 5.82 Å². The fraction of sp³-hybridized carbons (Fsp3) is 0.286. The number of benzene rings is 1. The van der Waals surface area contributed by atoms with Gasteiger partial charge in [-0.3, -0.25) is 9.59 Å². The molecule has 0 atom stereocenters. The number of carbonyl (C=O) groups is 1. The lowest BCUT2D eigenvalue weighted by Crippen LogP contribution is -2.25. The third kappa shape index (κ3) is 3.91. The SMILES string of the molecule is CCCNc1c(F)cccc1C(=O)NCc1csc(=O)[nH]1. The molecule has 21 heavy (non-hydrogen) atoms. The van der Waals surface area contributed by atoms with E-state index in [2.05, 4.69) is 15.6 Å². The molecule has 0 spiro atoms. The van der Waals surface area contributed by atoms with Gasteiger partial charge in [0, 0.05) is 17.6 Å². The fourth-order valence-corrected chi connectivity index (χ4v) is 2.40. The van der Waals surface area contributed by atoms with Crippen LogP contribution < -0.4 is 15.5 Å². The number of hydrogen-bond acceptors (Lipinski definition) is 4. The van der Waals surface area contributed by atoms with Gasteiger partial charge in [-0.25, -0.2) is 4.39 Å². The highest BCUT2D eigenvalue weighted by Gasteiger charge is 2.14. The first-order valence-electron chi connectivity index (χ1n) is 6.59. The molecular formula is C14H16FN3O2S. The van der Waals surface area contributed by atoms with Crippen LogP contribution >= 0.6 is 11.3 Å². The van der Waals surface area contributed by atoms with Gasteiger partial charge in [0.05, 0.1) is 17.8 Å². The number of halogens is 1. The molecular weight excluding hydrogens is 293 g/mol. The fourth-order valence-electron chi connectivity index (χ4n) is 1.81.